The summed E-state index contributed by atoms with van der Waals surface area (Å²) in [5, 5.41) is 19.6. The van der Waals surface area contributed by atoms with E-state index in [0.717, 1.165) is 0 Å². The smallest absolute Gasteiger partial charge is 0.399 e. The summed E-state index contributed by atoms with van der Waals surface area (Å²) in [5.41, 5.74) is 1.77. The van der Waals surface area contributed by atoms with Crippen LogP contribution in [0.5, 0.6) is 11.5 Å². The SMILES string of the molecule is Cc1cc(C(c2cc(C)c(O)c(C)c2)C(F)(F)F)cc(C)c1O. The Morgan fingerprint density at radius 3 is 1.17 bits per heavy atom. The topological polar surface area (TPSA) is 40.5 Å². The van der Waals surface area contributed by atoms with E-state index in [1.54, 1.807) is 27.7 Å². The van der Waals surface area contributed by atoms with Crippen molar-refractivity contribution < 1.29 is 23.4 Å². The number of rotatable bonds is 2. The second-order valence-corrected chi connectivity index (χ2v) is 5.98. The van der Waals surface area contributed by atoms with Crippen molar-refractivity contribution in [2.75, 3.05) is 0 Å². The average Bonchev–Trinajstić information content (AvgIpc) is 2.40. The molecule has 0 aliphatic carbocycles. The molecule has 0 spiro atoms. The second-order valence-electron chi connectivity index (χ2n) is 5.98. The second kappa shape index (κ2) is 5.80. The monoisotopic (exact) mass is 324 g/mol. The highest BCUT2D eigenvalue weighted by Gasteiger charge is 2.42. The van der Waals surface area contributed by atoms with Crippen molar-refractivity contribution in [3.8, 4) is 11.5 Å². The summed E-state index contributed by atoms with van der Waals surface area (Å²) in [6.45, 7) is 6.30. The highest BCUT2D eigenvalue weighted by atomic mass is 19.4. The molecule has 0 atom stereocenters. The van der Waals surface area contributed by atoms with Crippen molar-refractivity contribution >= 4 is 0 Å². The molecule has 2 rings (SSSR count). The highest BCUT2D eigenvalue weighted by Crippen LogP contribution is 2.43. The maximum absolute atomic E-state index is 13.7. The number of benzene rings is 2. The minimum Gasteiger partial charge on any atom is -0.507 e. The molecule has 0 unspecified atom stereocenters. The molecule has 23 heavy (non-hydrogen) atoms. The van der Waals surface area contributed by atoms with Crippen LogP contribution in [0.3, 0.4) is 0 Å². The summed E-state index contributed by atoms with van der Waals surface area (Å²) in [6, 6.07) is 5.44. The molecule has 0 aliphatic rings. The number of phenolic OH excluding ortho intramolecular Hbond substituents is 2. The lowest BCUT2D eigenvalue weighted by atomic mass is 9.86. The lowest BCUT2D eigenvalue weighted by molar-refractivity contribution is -0.141. The Bertz CT molecular complexity index is 645. The molecule has 0 radical (unpaired) electrons. The Balaban J connectivity index is 2.69. The van der Waals surface area contributed by atoms with Crippen molar-refractivity contribution in [1.82, 2.24) is 0 Å². The largest absolute Gasteiger partial charge is 0.507 e. The summed E-state index contributed by atoms with van der Waals surface area (Å²) in [4.78, 5) is 0. The summed E-state index contributed by atoms with van der Waals surface area (Å²) < 4.78 is 41.1. The molecule has 0 aromatic heterocycles. The minimum atomic E-state index is -4.48. The molecule has 0 aliphatic heterocycles. The third kappa shape index (κ3) is 3.28. The fourth-order valence-corrected chi connectivity index (χ4v) is 2.88. The first kappa shape index (κ1) is 17.2. The standard InChI is InChI=1S/C18H19F3O2/c1-9-5-13(6-10(2)16(9)22)15(18(19,20)21)14-7-11(3)17(23)12(4)8-14/h5-8,15,22-23H,1-4H3. The zero-order valence-corrected chi connectivity index (χ0v) is 13.4. The summed E-state index contributed by atoms with van der Waals surface area (Å²) >= 11 is 0. The van der Waals surface area contributed by atoms with Crippen LogP contribution >= 0.6 is 0 Å². The van der Waals surface area contributed by atoms with Crippen molar-refractivity contribution in [3.63, 3.8) is 0 Å². The van der Waals surface area contributed by atoms with Gasteiger partial charge in [0.15, 0.2) is 0 Å². The molecule has 2 nitrogen and oxygen atoms in total. The summed E-state index contributed by atoms with van der Waals surface area (Å²) in [6.07, 6.45) is -4.48. The molecule has 0 fully saturated rings. The fourth-order valence-electron chi connectivity index (χ4n) is 2.88. The molecule has 2 aromatic carbocycles. The van der Waals surface area contributed by atoms with E-state index < -0.39 is 12.1 Å². The molecule has 2 aromatic rings. The lowest BCUT2D eigenvalue weighted by Gasteiger charge is -2.23. The predicted octanol–water partition coefficient (Wildman–Crippen LogP) is 5.03. The quantitative estimate of drug-likeness (QED) is 0.814. The summed E-state index contributed by atoms with van der Waals surface area (Å²) in [5.74, 6) is -1.79. The van der Waals surface area contributed by atoms with Gasteiger partial charge in [0, 0.05) is 0 Å². The third-order valence-electron chi connectivity index (χ3n) is 4.02. The summed E-state index contributed by atoms with van der Waals surface area (Å²) in [7, 11) is 0. The molecular formula is C18H19F3O2. The van der Waals surface area contributed by atoms with Gasteiger partial charge in [-0.25, -0.2) is 0 Å². The van der Waals surface area contributed by atoms with Gasteiger partial charge in [0.05, 0.1) is 0 Å². The van der Waals surface area contributed by atoms with E-state index >= 15 is 0 Å². The van der Waals surface area contributed by atoms with E-state index in [9.17, 15) is 23.4 Å². The van der Waals surface area contributed by atoms with Gasteiger partial charge in [-0.2, -0.15) is 13.2 Å². The van der Waals surface area contributed by atoms with Crippen LogP contribution in [-0.2, 0) is 0 Å². The van der Waals surface area contributed by atoms with Crippen LogP contribution in [0.1, 0.15) is 39.3 Å². The third-order valence-corrected chi connectivity index (χ3v) is 4.02. The number of halogens is 3. The maximum Gasteiger partial charge on any atom is 0.399 e. The number of phenols is 2. The normalized spacial score (nSPS) is 12.0. The van der Waals surface area contributed by atoms with Crippen LogP contribution in [0, 0.1) is 27.7 Å². The molecule has 0 saturated heterocycles. The number of hydrogen-bond acceptors (Lipinski definition) is 2. The zero-order valence-electron chi connectivity index (χ0n) is 13.4. The Kier molecular flexibility index (Phi) is 4.33. The van der Waals surface area contributed by atoms with Crippen LogP contribution < -0.4 is 0 Å². The van der Waals surface area contributed by atoms with Gasteiger partial charge in [0.25, 0.3) is 0 Å². The van der Waals surface area contributed by atoms with Crippen LogP contribution in [0.15, 0.2) is 24.3 Å². The van der Waals surface area contributed by atoms with Crippen molar-refractivity contribution in [1.29, 1.82) is 0 Å². The highest BCUT2D eigenvalue weighted by molar-refractivity contribution is 5.49. The molecule has 124 valence electrons. The predicted molar refractivity (Wildman–Crippen MR) is 83.1 cm³/mol. The van der Waals surface area contributed by atoms with E-state index in [2.05, 4.69) is 0 Å². The Labute approximate surface area is 133 Å². The van der Waals surface area contributed by atoms with Gasteiger partial charge in [0.1, 0.15) is 17.4 Å². The Morgan fingerprint density at radius 2 is 0.957 bits per heavy atom. The van der Waals surface area contributed by atoms with Crippen LogP contribution in [0.2, 0.25) is 0 Å². The maximum atomic E-state index is 13.7. The number of alkyl halides is 3. The van der Waals surface area contributed by atoms with Gasteiger partial charge < -0.3 is 10.2 Å². The van der Waals surface area contributed by atoms with Crippen molar-refractivity contribution in [3.05, 3.63) is 57.6 Å². The molecule has 0 saturated carbocycles. The van der Waals surface area contributed by atoms with Crippen molar-refractivity contribution in [2.24, 2.45) is 0 Å². The van der Waals surface area contributed by atoms with Crippen LogP contribution in [-0.4, -0.2) is 16.4 Å². The Morgan fingerprint density at radius 1 is 0.696 bits per heavy atom. The minimum absolute atomic E-state index is 0.00717. The van der Waals surface area contributed by atoms with Crippen molar-refractivity contribution in [2.45, 2.75) is 39.8 Å². The van der Waals surface area contributed by atoms with Gasteiger partial charge >= 0.3 is 6.18 Å². The van der Waals surface area contributed by atoms with Gasteiger partial charge in [-0.05, 0) is 61.1 Å². The number of hydrogen-bond donors (Lipinski definition) is 2. The molecule has 2 N–H and O–H groups in total. The molecule has 5 heteroatoms. The van der Waals surface area contributed by atoms with Crippen LogP contribution in [0.25, 0.3) is 0 Å². The van der Waals surface area contributed by atoms with E-state index in [4.69, 9.17) is 0 Å². The first-order chi connectivity index (χ1) is 10.5. The van der Waals surface area contributed by atoms with Gasteiger partial charge in [0.2, 0.25) is 0 Å². The molecule has 0 heterocycles. The number of aromatic hydroxyl groups is 2. The van der Waals surface area contributed by atoms with E-state index in [1.807, 2.05) is 0 Å². The first-order valence-electron chi connectivity index (χ1n) is 7.19. The zero-order chi connectivity index (χ0) is 17.5. The average molecular weight is 324 g/mol. The van der Waals surface area contributed by atoms with Gasteiger partial charge in [-0.1, -0.05) is 24.3 Å². The van der Waals surface area contributed by atoms with Gasteiger partial charge in [-0.3, -0.25) is 0 Å². The molecular weight excluding hydrogens is 305 g/mol. The van der Waals surface area contributed by atoms with Crippen LogP contribution in [0.4, 0.5) is 13.2 Å². The fraction of sp³-hybridized carbons (Fsp3) is 0.333. The Hall–Kier alpha value is -2.17. The molecule has 0 amide bonds. The van der Waals surface area contributed by atoms with E-state index in [-0.39, 0.29) is 22.6 Å². The lowest BCUT2D eigenvalue weighted by Crippen LogP contribution is -2.22. The first-order valence-corrected chi connectivity index (χ1v) is 7.19. The van der Waals surface area contributed by atoms with E-state index in [1.165, 1.54) is 24.3 Å². The molecule has 0 bridgehead atoms. The van der Waals surface area contributed by atoms with E-state index in [0.29, 0.717) is 22.3 Å². The van der Waals surface area contributed by atoms with Gasteiger partial charge in [-0.15, -0.1) is 0 Å². The number of aryl methyl sites for hydroxylation is 4.